The van der Waals surface area contributed by atoms with Crippen LogP contribution in [0, 0.1) is 28.6 Å². The van der Waals surface area contributed by atoms with E-state index in [0.717, 1.165) is 44.9 Å². The van der Waals surface area contributed by atoms with Crippen LogP contribution in [0.5, 0.6) is 0 Å². The molecule has 0 spiro atoms. The number of carbonyl (C=O) groups excluding carboxylic acids is 3. The molecule has 0 aromatic rings. The van der Waals surface area contributed by atoms with E-state index < -0.39 is 17.9 Å². The van der Waals surface area contributed by atoms with Crippen molar-refractivity contribution in [1.82, 2.24) is 5.32 Å². The zero-order valence-electron chi connectivity index (χ0n) is 21.8. The van der Waals surface area contributed by atoms with Crippen molar-refractivity contribution < 1.29 is 29.0 Å². The van der Waals surface area contributed by atoms with Crippen molar-refractivity contribution in [3.63, 3.8) is 0 Å². The third-order valence-electron chi connectivity index (χ3n) is 9.95. The zero-order chi connectivity index (χ0) is 26.1. The average Bonchev–Trinajstić information content (AvgIpc) is 3.16. The van der Waals surface area contributed by atoms with E-state index >= 15 is 0 Å². The molecule has 4 aliphatic rings. The first-order valence-corrected chi connectivity index (χ1v) is 14.9. The van der Waals surface area contributed by atoms with Gasteiger partial charge in [-0.05, 0) is 92.6 Å². The fourth-order valence-electron chi connectivity index (χ4n) is 7.90. The summed E-state index contributed by atoms with van der Waals surface area (Å²) in [5.74, 6) is 0.765. The smallest absolute Gasteiger partial charge is 0.326 e. The molecule has 0 unspecified atom stereocenters. The largest absolute Gasteiger partial charge is 0.480 e. The minimum Gasteiger partial charge on any atom is -0.480 e. The van der Waals surface area contributed by atoms with E-state index in [-0.39, 0.29) is 41.5 Å². The Morgan fingerprint density at radius 1 is 1.11 bits per heavy atom. The summed E-state index contributed by atoms with van der Waals surface area (Å²) in [5, 5.41) is 11.8. The standard InChI is InChI=1S/C28H41NO6S/c1-27-13-10-18(30)16-17(27)4-5-19-20-6-7-23(28(20,2)14-11-21(19)27)35-25(32)9-8-24(31)29-22(26(33)34)12-15-36-3/h16,19-23H,4-15H2,1-3H3,(H,29,31)(H,33,34)/t19-,20-,21-,22-,23-,27-,28-/m0/s1. The number of aliphatic carboxylic acids is 1. The second-order valence-electron chi connectivity index (χ2n) is 11.8. The molecule has 7 atom stereocenters. The number of ether oxygens (including phenoxy) is 1. The molecule has 4 aliphatic carbocycles. The Morgan fingerprint density at radius 3 is 2.61 bits per heavy atom. The molecule has 7 nitrogen and oxygen atoms in total. The number of thioether (sulfide) groups is 1. The van der Waals surface area contributed by atoms with E-state index in [9.17, 15) is 24.3 Å². The van der Waals surface area contributed by atoms with Gasteiger partial charge in [-0.3, -0.25) is 14.4 Å². The van der Waals surface area contributed by atoms with Crippen molar-refractivity contribution in [1.29, 1.82) is 0 Å². The van der Waals surface area contributed by atoms with Crippen LogP contribution in [-0.2, 0) is 23.9 Å². The van der Waals surface area contributed by atoms with Crippen molar-refractivity contribution in [2.75, 3.05) is 12.0 Å². The second-order valence-corrected chi connectivity index (χ2v) is 12.8. The van der Waals surface area contributed by atoms with Crippen LogP contribution in [0.3, 0.4) is 0 Å². The highest BCUT2D eigenvalue weighted by Crippen LogP contribution is 2.65. The lowest BCUT2D eigenvalue weighted by atomic mass is 9.47. The number of carboxylic acid groups (broad SMARTS) is 1. The first kappa shape index (κ1) is 27.2. The Morgan fingerprint density at radius 2 is 1.89 bits per heavy atom. The number of carbonyl (C=O) groups is 4. The van der Waals surface area contributed by atoms with Crippen LogP contribution in [0.2, 0.25) is 0 Å². The summed E-state index contributed by atoms with van der Waals surface area (Å²) in [6.45, 7) is 4.66. The van der Waals surface area contributed by atoms with Crippen LogP contribution in [0.4, 0.5) is 0 Å². The number of amides is 1. The zero-order valence-corrected chi connectivity index (χ0v) is 22.7. The lowest BCUT2D eigenvalue weighted by Crippen LogP contribution is -2.51. The van der Waals surface area contributed by atoms with Gasteiger partial charge >= 0.3 is 11.9 Å². The molecule has 36 heavy (non-hydrogen) atoms. The van der Waals surface area contributed by atoms with E-state index in [4.69, 9.17) is 4.74 Å². The number of fused-ring (bicyclic) bond motifs is 5. The first-order valence-electron chi connectivity index (χ1n) is 13.5. The van der Waals surface area contributed by atoms with Gasteiger partial charge in [0.05, 0.1) is 6.42 Å². The Bertz CT molecular complexity index is 933. The maximum Gasteiger partial charge on any atom is 0.326 e. The second kappa shape index (κ2) is 10.9. The van der Waals surface area contributed by atoms with Crippen LogP contribution < -0.4 is 5.32 Å². The lowest BCUT2D eigenvalue weighted by molar-refractivity contribution is -0.160. The average molecular weight is 520 g/mol. The van der Waals surface area contributed by atoms with Gasteiger partial charge in [-0.1, -0.05) is 19.4 Å². The fraction of sp³-hybridized carbons (Fsp3) is 0.786. The van der Waals surface area contributed by atoms with Crippen LogP contribution >= 0.6 is 11.8 Å². The molecule has 0 aromatic carbocycles. The molecule has 2 N–H and O–H groups in total. The van der Waals surface area contributed by atoms with E-state index in [0.29, 0.717) is 36.3 Å². The summed E-state index contributed by atoms with van der Waals surface area (Å²) >= 11 is 1.53. The third-order valence-corrected chi connectivity index (χ3v) is 10.6. The summed E-state index contributed by atoms with van der Waals surface area (Å²) in [6, 6.07) is -0.930. The topological polar surface area (TPSA) is 110 Å². The van der Waals surface area contributed by atoms with Gasteiger partial charge in [-0.25, -0.2) is 4.79 Å². The summed E-state index contributed by atoms with van der Waals surface area (Å²) < 4.78 is 5.98. The summed E-state index contributed by atoms with van der Waals surface area (Å²) in [4.78, 5) is 48.4. The van der Waals surface area contributed by atoms with Gasteiger partial charge in [0, 0.05) is 18.3 Å². The molecule has 0 heterocycles. The number of allylic oxidation sites excluding steroid dienone is 1. The molecule has 3 fully saturated rings. The van der Waals surface area contributed by atoms with Crippen molar-refractivity contribution in [3.8, 4) is 0 Å². The van der Waals surface area contributed by atoms with Crippen molar-refractivity contribution in [2.45, 2.75) is 96.6 Å². The molecule has 0 radical (unpaired) electrons. The maximum atomic E-state index is 12.7. The Balaban J connectivity index is 1.32. The number of rotatable bonds is 9. The molecule has 0 bridgehead atoms. The van der Waals surface area contributed by atoms with Gasteiger partial charge in [0.25, 0.3) is 0 Å². The van der Waals surface area contributed by atoms with E-state index in [1.165, 1.54) is 17.3 Å². The third kappa shape index (κ3) is 5.25. The molecule has 0 aromatic heterocycles. The summed E-state index contributed by atoms with van der Waals surface area (Å²) in [5.41, 5.74) is 1.44. The van der Waals surface area contributed by atoms with Crippen LogP contribution in [0.1, 0.15) is 84.5 Å². The lowest BCUT2D eigenvalue weighted by Gasteiger charge is -2.57. The molecule has 8 heteroatoms. The van der Waals surface area contributed by atoms with Crippen LogP contribution in [0.15, 0.2) is 11.6 Å². The summed E-state index contributed by atoms with van der Waals surface area (Å²) in [6.07, 6.45) is 11.7. The Hall–Kier alpha value is -1.83. The molecule has 0 aliphatic heterocycles. The van der Waals surface area contributed by atoms with Gasteiger partial charge in [0.15, 0.2) is 5.78 Å². The molecule has 0 saturated heterocycles. The molecule has 200 valence electrons. The first-order chi connectivity index (χ1) is 17.1. The number of hydrogen-bond acceptors (Lipinski definition) is 6. The van der Waals surface area contributed by atoms with E-state index in [1.807, 2.05) is 12.3 Å². The van der Waals surface area contributed by atoms with E-state index in [1.54, 1.807) is 0 Å². The molecule has 1 amide bonds. The maximum absolute atomic E-state index is 12.7. The SMILES string of the molecule is CSCC[C@H](NC(=O)CCC(=O)O[C@H]1CC[C@H]2[C@@H]3CCC4=CC(=O)CC[C@]4(C)[C@H]3CC[C@]12C)C(=O)O. The predicted molar refractivity (Wildman–Crippen MR) is 138 cm³/mol. The molecular formula is C28H41NO6S. The highest BCUT2D eigenvalue weighted by Gasteiger charge is 2.59. The number of ketones is 1. The summed E-state index contributed by atoms with van der Waals surface area (Å²) in [7, 11) is 0. The monoisotopic (exact) mass is 519 g/mol. The highest BCUT2D eigenvalue weighted by molar-refractivity contribution is 7.98. The van der Waals surface area contributed by atoms with Gasteiger partial charge in [0.2, 0.25) is 5.91 Å². The van der Waals surface area contributed by atoms with Crippen molar-refractivity contribution >= 4 is 35.4 Å². The number of carboxylic acids is 1. The number of hydrogen-bond donors (Lipinski definition) is 2. The van der Waals surface area contributed by atoms with Crippen molar-refractivity contribution in [2.24, 2.45) is 28.6 Å². The van der Waals surface area contributed by atoms with Crippen LogP contribution in [-0.4, -0.2) is 52.9 Å². The molecular weight excluding hydrogens is 478 g/mol. The quantitative estimate of drug-likeness (QED) is 0.431. The number of nitrogens with one attached hydrogen (secondary N) is 1. The minimum absolute atomic E-state index is 0.0374. The normalized spacial score (nSPS) is 36.1. The Labute approximate surface area is 218 Å². The van der Waals surface area contributed by atoms with Gasteiger partial charge in [-0.2, -0.15) is 11.8 Å². The van der Waals surface area contributed by atoms with Crippen molar-refractivity contribution in [3.05, 3.63) is 11.6 Å². The fourth-order valence-corrected chi connectivity index (χ4v) is 8.37. The van der Waals surface area contributed by atoms with Gasteiger partial charge in [0.1, 0.15) is 12.1 Å². The molecule has 3 saturated carbocycles. The molecule has 4 rings (SSSR count). The van der Waals surface area contributed by atoms with Gasteiger partial charge < -0.3 is 15.2 Å². The van der Waals surface area contributed by atoms with Gasteiger partial charge in [-0.15, -0.1) is 0 Å². The van der Waals surface area contributed by atoms with E-state index in [2.05, 4.69) is 19.2 Å². The number of esters is 1. The highest BCUT2D eigenvalue weighted by atomic mass is 32.2. The van der Waals surface area contributed by atoms with Crippen LogP contribution in [0.25, 0.3) is 0 Å². The predicted octanol–water partition coefficient (Wildman–Crippen LogP) is 4.53. The minimum atomic E-state index is -1.06. The Kier molecular flexibility index (Phi) is 8.22.